The summed E-state index contributed by atoms with van der Waals surface area (Å²) in [4.78, 5) is 4.73. The van der Waals surface area contributed by atoms with Gasteiger partial charge >= 0.3 is 0 Å². The van der Waals surface area contributed by atoms with Crippen LogP contribution >= 0.6 is 15.9 Å². The molecule has 0 saturated carbocycles. The lowest BCUT2D eigenvalue weighted by Gasteiger charge is -2.12. The normalized spacial score (nSPS) is 13.2. The highest BCUT2D eigenvalue weighted by molar-refractivity contribution is 9.10. The van der Waals surface area contributed by atoms with Crippen molar-refractivity contribution in [1.82, 2.24) is 4.57 Å². The molecule has 0 amide bonds. The monoisotopic (exact) mass is 282 g/mol. The van der Waals surface area contributed by atoms with Crippen molar-refractivity contribution in [2.75, 3.05) is 6.61 Å². The average molecular weight is 283 g/mol. The van der Waals surface area contributed by atoms with Crippen LogP contribution in [0.5, 0.6) is 0 Å². The maximum absolute atomic E-state index is 5.14. The number of halogens is 1. The first-order chi connectivity index (χ1) is 7.66. The molecule has 4 heteroatoms. The molecular weight excluding hydrogens is 268 g/mol. The zero-order valence-corrected chi connectivity index (χ0v) is 11.0. The summed E-state index contributed by atoms with van der Waals surface area (Å²) in [6.07, 6.45) is 0. The first-order valence-electron chi connectivity index (χ1n) is 5.21. The van der Waals surface area contributed by atoms with E-state index in [0.717, 1.165) is 4.47 Å². The quantitative estimate of drug-likeness (QED) is 0.880. The number of hydrogen-bond acceptors (Lipinski definition) is 2. The standard InChI is InChI=1S/C12H15BrN2O/c1-8(7-16-14)12-11(13)9-5-3-4-6-10(9)15(12)2/h3-6,8H,7,14H2,1-2H3. The lowest BCUT2D eigenvalue weighted by Crippen LogP contribution is -2.11. The highest BCUT2D eigenvalue weighted by Gasteiger charge is 2.17. The van der Waals surface area contributed by atoms with E-state index in [1.807, 2.05) is 12.1 Å². The second kappa shape index (κ2) is 4.57. The summed E-state index contributed by atoms with van der Waals surface area (Å²) in [5.74, 6) is 5.40. The Morgan fingerprint density at radius 2 is 2.12 bits per heavy atom. The second-order valence-electron chi connectivity index (χ2n) is 4.01. The Bertz CT molecular complexity index is 468. The summed E-state index contributed by atoms with van der Waals surface area (Å²) in [5, 5.41) is 1.23. The summed E-state index contributed by atoms with van der Waals surface area (Å²) in [6.45, 7) is 2.62. The van der Waals surface area contributed by atoms with Crippen LogP contribution in [-0.2, 0) is 11.9 Å². The second-order valence-corrected chi connectivity index (χ2v) is 4.80. The van der Waals surface area contributed by atoms with E-state index in [0.29, 0.717) is 6.61 Å². The molecule has 1 heterocycles. The molecule has 1 atom stereocenters. The molecule has 3 nitrogen and oxygen atoms in total. The van der Waals surface area contributed by atoms with E-state index in [-0.39, 0.29) is 5.92 Å². The van der Waals surface area contributed by atoms with Crippen molar-refractivity contribution in [2.45, 2.75) is 12.8 Å². The van der Waals surface area contributed by atoms with E-state index in [9.17, 15) is 0 Å². The maximum atomic E-state index is 5.14. The zero-order valence-electron chi connectivity index (χ0n) is 9.40. The van der Waals surface area contributed by atoms with Crippen molar-refractivity contribution in [3.05, 3.63) is 34.4 Å². The van der Waals surface area contributed by atoms with Crippen LogP contribution in [0.3, 0.4) is 0 Å². The highest BCUT2D eigenvalue weighted by Crippen LogP contribution is 2.34. The van der Waals surface area contributed by atoms with Gasteiger partial charge in [0.05, 0.1) is 6.61 Å². The molecule has 2 N–H and O–H groups in total. The first-order valence-corrected chi connectivity index (χ1v) is 6.00. The van der Waals surface area contributed by atoms with Crippen LogP contribution in [0.15, 0.2) is 28.7 Å². The lowest BCUT2D eigenvalue weighted by atomic mass is 10.1. The van der Waals surface area contributed by atoms with E-state index in [1.165, 1.54) is 16.6 Å². The van der Waals surface area contributed by atoms with Gasteiger partial charge in [0, 0.05) is 34.0 Å². The maximum Gasteiger partial charge on any atom is 0.0759 e. The van der Waals surface area contributed by atoms with Crippen LogP contribution in [0.4, 0.5) is 0 Å². The number of benzene rings is 1. The van der Waals surface area contributed by atoms with Gasteiger partial charge in [0.2, 0.25) is 0 Å². The Hall–Kier alpha value is -0.840. The van der Waals surface area contributed by atoms with E-state index in [2.05, 4.69) is 46.6 Å². The average Bonchev–Trinajstić information content (AvgIpc) is 2.53. The van der Waals surface area contributed by atoms with Crippen LogP contribution < -0.4 is 5.90 Å². The Labute approximate surface area is 103 Å². The van der Waals surface area contributed by atoms with Crippen LogP contribution in [0.2, 0.25) is 0 Å². The Morgan fingerprint density at radius 1 is 1.44 bits per heavy atom. The van der Waals surface area contributed by atoms with Gasteiger partial charge < -0.3 is 9.40 Å². The third-order valence-corrected chi connectivity index (χ3v) is 3.73. The predicted molar refractivity (Wildman–Crippen MR) is 69.2 cm³/mol. The number of fused-ring (bicyclic) bond motifs is 1. The minimum Gasteiger partial charge on any atom is -0.346 e. The van der Waals surface area contributed by atoms with Crippen molar-refractivity contribution in [3.63, 3.8) is 0 Å². The number of para-hydroxylation sites is 1. The van der Waals surface area contributed by atoms with Crippen LogP contribution in [0.1, 0.15) is 18.5 Å². The summed E-state index contributed by atoms with van der Waals surface area (Å²) >= 11 is 3.66. The van der Waals surface area contributed by atoms with Gasteiger partial charge in [-0.05, 0) is 22.0 Å². The molecule has 1 unspecified atom stereocenters. The molecule has 0 bridgehead atoms. The third kappa shape index (κ3) is 1.77. The lowest BCUT2D eigenvalue weighted by molar-refractivity contribution is 0.125. The molecule has 86 valence electrons. The van der Waals surface area contributed by atoms with Gasteiger partial charge in [-0.15, -0.1) is 0 Å². The van der Waals surface area contributed by atoms with Gasteiger partial charge in [-0.3, -0.25) is 0 Å². The molecule has 1 aromatic heterocycles. The topological polar surface area (TPSA) is 40.2 Å². The van der Waals surface area contributed by atoms with E-state index >= 15 is 0 Å². The number of nitrogens with zero attached hydrogens (tertiary/aromatic N) is 1. The molecule has 0 radical (unpaired) electrons. The van der Waals surface area contributed by atoms with E-state index < -0.39 is 0 Å². The van der Waals surface area contributed by atoms with Gasteiger partial charge in [-0.1, -0.05) is 25.1 Å². The number of aryl methyl sites for hydroxylation is 1. The van der Waals surface area contributed by atoms with Gasteiger partial charge in [-0.2, -0.15) is 0 Å². The Kier molecular flexibility index (Phi) is 3.33. The first kappa shape index (κ1) is 11.6. The Balaban J connectivity index is 2.61. The largest absolute Gasteiger partial charge is 0.346 e. The highest BCUT2D eigenvalue weighted by atomic mass is 79.9. The SMILES string of the molecule is CC(CON)c1c(Br)c2ccccc2n1C. The smallest absolute Gasteiger partial charge is 0.0759 e. The summed E-state index contributed by atoms with van der Waals surface area (Å²) in [6, 6.07) is 8.31. The fraction of sp³-hybridized carbons (Fsp3) is 0.333. The van der Waals surface area contributed by atoms with Crippen molar-refractivity contribution in [3.8, 4) is 0 Å². The van der Waals surface area contributed by atoms with Crippen LogP contribution in [-0.4, -0.2) is 11.2 Å². The van der Waals surface area contributed by atoms with Crippen molar-refractivity contribution < 1.29 is 4.84 Å². The molecule has 16 heavy (non-hydrogen) atoms. The van der Waals surface area contributed by atoms with Gasteiger partial charge in [0.1, 0.15) is 0 Å². The molecular formula is C12H15BrN2O. The molecule has 2 aromatic rings. The van der Waals surface area contributed by atoms with E-state index in [1.54, 1.807) is 0 Å². The van der Waals surface area contributed by atoms with Gasteiger partial charge in [0.25, 0.3) is 0 Å². The molecule has 2 rings (SSSR count). The number of rotatable bonds is 3. The fourth-order valence-corrected chi connectivity index (χ4v) is 3.13. The number of aromatic nitrogens is 1. The number of nitrogens with two attached hydrogens (primary N) is 1. The third-order valence-electron chi connectivity index (χ3n) is 2.90. The van der Waals surface area contributed by atoms with Gasteiger partial charge in [-0.25, -0.2) is 5.90 Å². The van der Waals surface area contributed by atoms with Crippen molar-refractivity contribution in [1.29, 1.82) is 0 Å². The molecule has 0 spiro atoms. The number of hydrogen-bond donors (Lipinski definition) is 1. The molecule has 1 aromatic carbocycles. The van der Waals surface area contributed by atoms with Crippen molar-refractivity contribution >= 4 is 26.8 Å². The van der Waals surface area contributed by atoms with Crippen LogP contribution in [0.25, 0.3) is 10.9 Å². The molecule has 0 saturated heterocycles. The fourth-order valence-electron chi connectivity index (χ4n) is 2.14. The Morgan fingerprint density at radius 3 is 2.75 bits per heavy atom. The predicted octanol–water partition coefficient (Wildman–Crippen LogP) is 2.93. The molecule has 0 aliphatic heterocycles. The molecule has 0 aliphatic carbocycles. The summed E-state index contributed by atoms with van der Waals surface area (Å²) < 4.78 is 3.32. The van der Waals surface area contributed by atoms with Crippen LogP contribution in [0, 0.1) is 0 Å². The summed E-state index contributed by atoms with van der Waals surface area (Å²) in [7, 11) is 2.06. The minimum absolute atomic E-state index is 0.261. The summed E-state index contributed by atoms with van der Waals surface area (Å²) in [5.41, 5.74) is 2.43. The van der Waals surface area contributed by atoms with Gasteiger partial charge in [0.15, 0.2) is 0 Å². The minimum atomic E-state index is 0.261. The van der Waals surface area contributed by atoms with E-state index in [4.69, 9.17) is 10.7 Å². The molecule has 0 fully saturated rings. The molecule has 0 aliphatic rings. The zero-order chi connectivity index (χ0) is 11.7. The van der Waals surface area contributed by atoms with Crippen molar-refractivity contribution in [2.24, 2.45) is 12.9 Å².